The molecule has 2 N–H and O–H groups in total. The van der Waals surface area contributed by atoms with Crippen LogP contribution in [0.25, 0.3) is 0 Å². The van der Waals surface area contributed by atoms with Gasteiger partial charge in [-0.15, -0.1) is 0 Å². The van der Waals surface area contributed by atoms with Gasteiger partial charge >= 0.3 is 0 Å². The number of fused-ring (bicyclic) bond motifs is 1. The Bertz CT molecular complexity index is 374. The zero-order valence-corrected chi connectivity index (χ0v) is 10.1. The lowest BCUT2D eigenvalue weighted by Gasteiger charge is -2.22. The van der Waals surface area contributed by atoms with Gasteiger partial charge in [0.05, 0.1) is 6.61 Å². The van der Waals surface area contributed by atoms with Crippen LogP contribution in [0, 0.1) is 0 Å². The van der Waals surface area contributed by atoms with Crippen molar-refractivity contribution in [2.45, 2.75) is 31.5 Å². The van der Waals surface area contributed by atoms with E-state index in [-0.39, 0.29) is 0 Å². The summed E-state index contributed by atoms with van der Waals surface area (Å²) in [7, 11) is 0. The van der Waals surface area contributed by atoms with Crippen LogP contribution in [0.15, 0.2) is 24.3 Å². The molecule has 0 amide bonds. The summed E-state index contributed by atoms with van der Waals surface area (Å²) >= 11 is 0. The quantitative estimate of drug-likeness (QED) is 0.812. The van der Waals surface area contributed by atoms with Crippen molar-refractivity contribution < 1.29 is 4.74 Å². The molecule has 2 atom stereocenters. The van der Waals surface area contributed by atoms with Crippen LogP contribution in [-0.4, -0.2) is 25.8 Å². The Kier molecular flexibility index (Phi) is 3.41. The second kappa shape index (κ2) is 5.17. The van der Waals surface area contributed by atoms with E-state index in [1.54, 1.807) is 0 Å². The average molecular weight is 232 g/mol. The first-order valence-corrected chi connectivity index (χ1v) is 6.56. The number of hydrogen-bond acceptors (Lipinski definition) is 3. The summed E-state index contributed by atoms with van der Waals surface area (Å²) in [6.45, 7) is 3.85. The standard InChI is InChI=1S/C14H20N2O/c1-2-4-13-11(3-1)9-15-7-5-14(13)16-12-6-8-17-10-12/h1-4,12,14-16H,5-10H2. The molecule has 0 radical (unpaired) electrons. The van der Waals surface area contributed by atoms with E-state index in [2.05, 4.69) is 34.9 Å². The fourth-order valence-electron chi connectivity index (χ4n) is 2.78. The molecule has 3 nitrogen and oxygen atoms in total. The Morgan fingerprint density at radius 1 is 1.24 bits per heavy atom. The first-order chi connectivity index (χ1) is 8.43. The summed E-state index contributed by atoms with van der Waals surface area (Å²) in [4.78, 5) is 0. The molecular formula is C14H20N2O. The summed E-state index contributed by atoms with van der Waals surface area (Å²) in [5, 5.41) is 7.24. The predicted octanol–water partition coefficient (Wildman–Crippen LogP) is 1.60. The highest BCUT2D eigenvalue weighted by atomic mass is 16.5. The molecule has 92 valence electrons. The lowest BCUT2D eigenvalue weighted by atomic mass is 9.98. The van der Waals surface area contributed by atoms with Gasteiger partial charge in [0.1, 0.15) is 0 Å². The molecule has 1 aromatic rings. The molecule has 3 heteroatoms. The van der Waals surface area contributed by atoms with Crippen molar-refractivity contribution in [2.75, 3.05) is 19.8 Å². The Balaban J connectivity index is 1.78. The first kappa shape index (κ1) is 11.2. The van der Waals surface area contributed by atoms with E-state index in [0.717, 1.165) is 39.1 Å². The van der Waals surface area contributed by atoms with E-state index >= 15 is 0 Å². The van der Waals surface area contributed by atoms with Crippen molar-refractivity contribution in [3.8, 4) is 0 Å². The van der Waals surface area contributed by atoms with Crippen LogP contribution in [0.4, 0.5) is 0 Å². The molecule has 17 heavy (non-hydrogen) atoms. The third-order valence-corrected chi connectivity index (χ3v) is 3.72. The number of benzene rings is 1. The van der Waals surface area contributed by atoms with E-state index in [9.17, 15) is 0 Å². The molecule has 3 rings (SSSR count). The van der Waals surface area contributed by atoms with Gasteiger partial charge in [-0.3, -0.25) is 0 Å². The first-order valence-electron chi connectivity index (χ1n) is 6.56. The van der Waals surface area contributed by atoms with E-state index in [0.29, 0.717) is 12.1 Å². The summed E-state index contributed by atoms with van der Waals surface area (Å²) in [6.07, 6.45) is 2.31. The zero-order valence-electron chi connectivity index (χ0n) is 10.1. The van der Waals surface area contributed by atoms with Crippen molar-refractivity contribution in [3.05, 3.63) is 35.4 Å². The highest BCUT2D eigenvalue weighted by Crippen LogP contribution is 2.24. The molecule has 2 unspecified atom stereocenters. The van der Waals surface area contributed by atoms with Gasteiger partial charge < -0.3 is 15.4 Å². The maximum Gasteiger partial charge on any atom is 0.0620 e. The van der Waals surface area contributed by atoms with Gasteiger partial charge in [-0.05, 0) is 30.5 Å². The Labute approximate surface area is 103 Å². The van der Waals surface area contributed by atoms with Crippen molar-refractivity contribution in [2.24, 2.45) is 0 Å². The molecule has 0 bridgehead atoms. The van der Waals surface area contributed by atoms with E-state index < -0.39 is 0 Å². The molecule has 1 saturated heterocycles. The van der Waals surface area contributed by atoms with Gasteiger partial charge in [0.15, 0.2) is 0 Å². The third-order valence-electron chi connectivity index (χ3n) is 3.72. The van der Waals surface area contributed by atoms with Crippen LogP contribution < -0.4 is 10.6 Å². The SMILES string of the molecule is c1ccc2c(c1)CNCCC2NC1CCOC1. The smallest absolute Gasteiger partial charge is 0.0620 e. The van der Waals surface area contributed by atoms with Gasteiger partial charge in [0.25, 0.3) is 0 Å². The van der Waals surface area contributed by atoms with Crippen LogP contribution in [-0.2, 0) is 11.3 Å². The monoisotopic (exact) mass is 232 g/mol. The maximum atomic E-state index is 5.44. The van der Waals surface area contributed by atoms with Crippen LogP contribution >= 0.6 is 0 Å². The minimum absolute atomic E-state index is 0.480. The lowest BCUT2D eigenvalue weighted by Crippen LogP contribution is -2.33. The van der Waals surface area contributed by atoms with Crippen molar-refractivity contribution in [1.29, 1.82) is 0 Å². The average Bonchev–Trinajstić information content (AvgIpc) is 2.78. The molecule has 2 aliphatic rings. The molecule has 1 fully saturated rings. The number of rotatable bonds is 2. The number of nitrogens with one attached hydrogen (secondary N) is 2. The topological polar surface area (TPSA) is 33.3 Å². The Morgan fingerprint density at radius 2 is 2.18 bits per heavy atom. The highest BCUT2D eigenvalue weighted by Gasteiger charge is 2.23. The van der Waals surface area contributed by atoms with Crippen LogP contribution in [0.2, 0.25) is 0 Å². The number of hydrogen-bond donors (Lipinski definition) is 2. The van der Waals surface area contributed by atoms with Gasteiger partial charge in [0.2, 0.25) is 0 Å². The van der Waals surface area contributed by atoms with Crippen LogP contribution in [0.3, 0.4) is 0 Å². The molecule has 0 aliphatic carbocycles. The van der Waals surface area contributed by atoms with Gasteiger partial charge in [-0.1, -0.05) is 24.3 Å². The zero-order chi connectivity index (χ0) is 11.5. The molecule has 2 aliphatic heterocycles. The highest BCUT2D eigenvalue weighted by molar-refractivity contribution is 5.31. The lowest BCUT2D eigenvalue weighted by molar-refractivity contribution is 0.187. The summed E-state index contributed by atoms with van der Waals surface area (Å²) in [5.41, 5.74) is 2.89. The van der Waals surface area contributed by atoms with Crippen molar-refractivity contribution in [1.82, 2.24) is 10.6 Å². The van der Waals surface area contributed by atoms with E-state index in [1.165, 1.54) is 11.1 Å². The molecule has 0 spiro atoms. The summed E-state index contributed by atoms with van der Waals surface area (Å²) in [6, 6.07) is 9.77. The molecular weight excluding hydrogens is 212 g/mol. The molecule has 2 heterocycles. The fourth-order valence-corrected chi connectivity index (χ4v) is 2.78. The largest absolute Gasteiger partial charge is 0.380 e. The second-order valence-electron chi connectivity index (χ2n) is 4.94. The number of ether oxygens (including phenoxy) is 1. The van der Waals surface area contributed by atoms with E-state index in [4.69, 9.17) is 4.74 Å². The minimum Gasteiger partial charge on any atom is -0.380 e. The maximum absolute atomic E-state index is 5.44. The Hall–Kier alpha value is -0.900. The predicted molar refractivity (Wildman–Crippen MR) is 67.9 cm³/mol. The normalized spacial score (nSPS) is 28.7. The summed E-state index contributed by atoms with van der Waals surface area (Å²) < 4.78 is 5.44. The third kappa shape index (κ3) is 2.51. The van der Waals surface area contributed by atoms with Crippen LogP contribution in [0.1, 0.15) is 30.0 Å². The molecule has 0 saturated carbocycles. The molecule has 0 aromatic heterocycles. The fraction of sp³-hybridized carbons (Fsp3) is 0.571. The second-order valence-corrected chi connectivity index (χ2v) is 4.94. The minimum atomic E-state index is 0.480. The van der Waals surface area contributed by atoms with Gasteiger partial charge in [-0.2, -0.15) is 0 Å². The summed E-state index contributed by atoms with van der Waals surface area (Å²) in [5.74, 6) is 0. The van der Waals surface area contributed by atoms with Crippen molar-refractivity contribution >= 4 is 0 Å². The van der Waals surface area contributed by atoms with Gasteiger partial charge in [-0.25, -0.2) is 0 Å². The Morgan fingerprint density at radius 3 is 3.06 bits per heavy atom. The van der Waals surface area contributed by atoms with E-state index in [1.807, 2.05) is 0 Å². The van der Waals surface area contributed by atoms with Crippen molar-refractivity contribution in [3.63, 3.8) is 0 Å². The van der Waals surface area contributed by atoms with Crippen LogP contribution in [0.5, 0.6) is 0 Å². The molecule has 1 aromatic carbocycles. The van der Waals surface area contributed by atoms with Gasteiger partial charge in [0, 0.05) is 25.2 Å².